The molecule has 314 valence electrons. The highest BCUT2D eigenvalue weighted by Gasteiger charge is 2.51. The third-order valence-electron chi connectivity index (χ3n) is 9.56. The van der Waals surface area contributed by atoms with E-state index in [1.54, 1.807) is 0 Å². The van der Waals surface area contributed by atoms with Crippen LogP contribution in [-0.4, -0.2) is 49.1 Å². The van der Waals surface area contributed by atoms with E-state index < -0.39 is 11.9 Å². The van der Waals surface area contributed by atoms with Gasteiger partial charge in [-0.3, -0.25) is 9.59 Å². The lowest BCUT2D eigenvalue weighted by Crippen LogP contribution is -2.51. The number of amides is 4. The highest BCUT2D eigenvalue weighted by molar-refractivity contribution is 5.93. The molecular formula is C44H90N6O3. The third-order valence-corrected chi connectivity index (χ3v) is 9.56. The molecule has 0 bridgehead atoms. The Balaban J connectivity index is -0.00000140. The van der Waals surface area contributed by atoms with E-state index in [-0.39, 0.29) is 59.2 Å². The lowest BCUT2D eigenvalue weighted by molar-refractivity contribution is -0.126. The third kappa shape index (κ3) is 23.4. The van der Waals surface area contributed by atoms with E-state index in [2.05, 4.69) is 94.8 Å². The predicted molar refractivity (Wildman–Crippen MR) is 232 cm³/mol. The van der Waals surface area contributed by atoms with Crippen molar-refractivity contribution in [2.24, 2.45) is 53.1 Å². The van der Waals surface area contributed by atoms with Crippen LogP contribution in [-0.2, 0) is 9.59 Å². The van der Waals surface area contributed by atoms with E-state index in [0.717, 1.165) is 37.2 Å². The second-order valence-corrected chi connectivity index (χ2v) is 14.6. The van der Waals surface area contributed by atoms with Gasteiger partial charge in [-0.2, -0.15) is 0 Å². The summed E-state index contributed by atoms with van der Waals surface area (Å²) in [5, 5.41) is 16.2. The molecular weight excluding hydrogens is 661 g/mol. The lowest BCUT2D eigenvalue weighted by atomic mass is 9.95. The smallest absolute Gasteiger partial charge is 0.315 e. The van der Waals surface area contributed by atoms with E-state index in [4.69, 9.17) is 5.73 Å². The number of hydrogen-bond donors (Lipinski definition) is 6. The summed E-state index contributed by atoms with van der Waals surface area (Å²) < 4.78 is 0. The monoisotopic (exact) mass is 751 g/mol. The Morgan fingerprint density at radius 3 is 1.72 bits per heavy atom. The number of urea groups is 1. The van der Waals surface area contributed by atoms with Crippen molar-refractivity contribution in [2.75, 3.05) is 13.1 Å². The van der Waals surface area contributed by atoms with Gasteiger partial charge < -0.3 is 32.3 Å². The van der Waals surface area contributed by atoms with E-state index in [1.165, 1.54) is 0 Å². The van der Waals surface area contributed by atoms with Gasteiger partial charge in [0, 0.05) is 42.0 Å². The molecule has 0 aromatic rings. The predicted octanol–water partition coefficient (Wildman–Crippen LogP) is 9.56. The van der Waals surface area contributed by atoms with Gasteiger partial charge >= 0.3 is 6.03 Å². The summed E-state index contributed by atoms with van der Waals surface area (Å²) in [6.07, 6.45) is 3.34. The Hall–Kier alpha value is -2.97. The molecule has 4 amide bonds. The van der Waals surface area contributed by atoms with E-state index in [9.17, 15) is 14.4 Å². The molecule has 8 atom stereocenters. The van der Waals surface area contributed by atoms with Crippen LogP contribution in [0.15, 0.2) is 36.7 Å². The second-order valence-electron chi connectivity index (χ2n) is 14.6. The summed E-state index contributed by atoms with van der Waals surface area (Å²) in [6.45, 7) is 50.8. The van der Waals surface area contributed by atoms with Gasteiger partial charge in [-0.05, 0) is 60.7 Å². The number of hydrogen-bond acceptors (Lipinski definition) is 5. The summed E-state index contributed by atoms with van der Waals surface area (Å²) in [5.74, 6) is 1.21. The van der Waals surface area contributed by atoms with Crippen LogP contribution in [0.5, 0.6) is 0 Å². The molecule has 1 aliphatic rings. The minimum absolute atomic E-state index is 0.0159. The second kappa shape index (κ2) is 32.5. The molecule has 0 aliphatic heterocycles. The zero-order valence-electron chi connectivity index (χ0n) is 38.0. The number of allylic oxidation sites excluding steroid dienone is 1. The Labute approximate surface area is 329 Å². The van der Waals surface area contributed by atoms with Crippen molar-refractivity contribution in [3.8, 4) is 0 Å². The van der Waals surface area contributed by atoms with Crippen molar-refractivity contribution in [1.82, 2.24) is 26.6 Å². The van der Waals surface area contributed by atoms with Crippen LogP contribution in [0.2, 0.25) is 0 Å². The average Bonchev–Trinajstić information content (AvgIpc) is 3.79. The van der Waals surface area contributed by atoms with Gasteiger partial charge in [-0.25, -0.2) is 4.79 Å². The Morgan fingerprint density at radius 2 is 1.28 bits per heavy atom. The zero-order chi connectivity index (χ0) is 42.6. The Kier molecular flexibility index (Phi) is 34.8. The summed E-state index contributed by atoms with van der Waals surface area (Å²) >= 11 is 0. The first-order chi connectivity index (χ1) is 24.9. The van der Waals surface area contributed by atoms with Crippen LogP contribution >= 0.6 is 0 Å². The molecule has 7 N–H and O–H groups in total. The minimum atomic E-state index is -0.591. The lowest BCUT2D eigenvalue weighted by Gasteiger charge is -2.29. The first-order valence-electron chi connectivity index (χ1n) is 21.1. The number of carbonyl (C=O) groups excluding carboxylic acids is 3. The van der Waals surface area contributed by atoms with Crippen LogP contribution < -0.4 is 32.3 Å². The molecule has 53 heavy (non-hydrogen) atoms. The number of nitrogens with one attached hydrogen (secondary N) is 5. The minimum Gasteiger partial charge on any atom is -0.389 e. The van der Waals surface area contributed by atoms with Crippen molar-refractivity contribution < 1.29 is 14.4 Å². The van der Waals surface area contributed by atoms with E-state index in [1.807, 2.05) is 76.2 Å². The van der Waals surface area contributed by atoms with E-state index >= 15 is 0 Å². The largest absolute Gasteiger partial charge is 0.389 e. The molecule has 6 unspecified atom stereocenters. The van der Waals surface area contributed by atoms with Crippen molar-refractivity contribution in [3.05, 3.63) is 36.7 Å². The number of carbonyl (C=O) groups is 3. The van der Waals surface area contributed by atoms with Crippen LogP contribution in [0.3, 0.4) is 0 Å². The topological polar surface area (TPSA) is 137 Å². The molecule has 0 aromatic carbocycles. The van der Waals surface area contributed by atoms with E-state index in [0.29, 0.717) is 30.7 Å². The molecule has 9 nitrogen and oxygen atoms in total. The highest BCUT2D eigenvalue weighted by Crippen LogP contribution is 2.50. The fraction of sp³-hybridized carbons (Fsp3) is 0.795. The summed E-state index contributed by atoms with van der Waals surface area (Å²) in [5.41, 5.74) is 7.46. The molecule has 1 rings (SSSR count). The van der Waals surface area contributed by atoms with Crippen molar-refractivity contribution in [1.29, 1.82) is 0 Å². The van der Waals surface area contributed by atoms with Gasteiger partial charge in [-0.1, -0.05) is 151 Å². The normalized spacial score (nSPS) is 18.2. The van der Waals surface area contributed by atoms with Crippen molar-refractivity contribution in [2.45, 2.75) is 168 Å². The standard InChI is InChI=1S/C36H66N6O3.4C2H6/c1-14-23(8)18-38-24(9)15-16-30(21(4)5)41-36(45)42-33(22(6)7)28(13)39-19-29-25(10)32(29)27(12)35(44)40-31(17-20(2)3)26(11)34(37)43;4*1-2/h20-23,25,27,29-33,38-39H,9,11,13-19H2,1-8,10,12H3,(H2,37,43)(H,40,44)(H2,41,42,45);4*1-2H3/t23?,25?,27?,29-,30?,31?,32-,33?;;;;/m1..../s1. The maximum Gasteiger partial charge on any atom is 0.315 e. The van der Waals surface area contributed by atoms with Crippen LogP contribution in [0, 0.1) is 47.3 Å². The summed E-state index contributed by atoms with van der Waals surface area (Å²) in [7, 11) is 0. The first-order valence-corrected chi connectivity index (χ1v) is 21.1. The Morgan fingerprint density at radius 1 is 0.755 bits per heavy atom. The SMILES string of the molecule is C=C(CCC(NC(=O)NC(C(=C)NC[C@@H]1C(C)[C@@H]1C(C)C(=O)NC(CC(C)C)C(=C)C(N)=O)C(C)C)C(C)C)NCC(C)CC.CC.CC.CC.CC. The van der Waals surface area contributed by atoms with Crippen molar-refractivity contribution >= 4 is 17.8 Å². The molecule has 9 heteroatoms. The van der Waals surface area contributed by atoms with Gasteiger partial charge in [0.2, 0.25) is 11.8 Å². The summed E-state index contributed by atoms with van der Waals surface area (Å²) in [4.78, 5) is 38.1. The average molecular weight is 751 g/mol. The maximum absolute atomic E-state index is 13.2. The molecule has 1 fully saturated rings. The zero-order valence-corrected chi connectivity index (χ0v) is 38.0. The Bertz CT molecular complexity index is 1020. The van der Waals surface area contributed by atoms with Crippen LogP contribution in [0.25, 0.3) is 0 Å². The number of rotatable bonds is 22. The molecule has 0 aromatic heterocycles. The molecule has 0 spiro atoms. The van der Waals surface area contributed by atoms with Crippen LogP contribution in [0.4, 0.5) is 4.79 Å². The molecule has 0 radical (unpaired) electrons. The highest BCUT2D eigenvalue weighted by atomic mass is 16.2. The summed E-state index contributed by atoms with van der Waals surface area (Å²) in [6, 6.07) is -0.908. The first kappa shape index (κ1) is 56.8. The van der Waals surface area contributed by atoms with Gasteiger partial charge in [-0.15, -0.1) is 0 Å². The molecule has 1 aliphatic carbocycles. The molecule has 1 saturated carbocycles. The fourth-order valence-corrected chi connectivity index (χ4v) is 5.96. The quantitative estimate of drug-likeness (QED) is 0.0613. The number of primary amides is 1. The van der Waals surface area contributed by atoms with Gasteiger partial charge in [0.25, 0.3) is 0 Å². The van der Waals surface area contributed by atoms with Gasteiger partial charge in [0.15, 0.2) is 0 Å². The molecule has 0 saturated heterocycles. The van der Waals surface area contributed by atoms with Crippen LogP contribution in [0.1, 0.15) is 150 Å². The van der Waals surface area contributed by atoms with Gasteiger partial charge in [0.1, 0.15) is 0 Å². The maximum atomic E-state index is 13.2. The molecule has 0 heterocycles. The fourth-order valence-electron chi connectivity index (χ4n) is 5.96. The van der Waals surface area contributed by atoms with Gasteiger partial charge in [0.05, 0.1) is 12.1 Å². The van der Waals surface area contributed by atoms with Crippen molar-refractivity contribution in [3.63, 3.8) is 0 Å². The number of nitrogens with two attached hydrogens (primary N) is 1.